The third kappa shape index (κ3) is 7.44. The summed E-state index contributed by atoms with van der Waals surface area (Å²) in [6.07, 6.45) is 3.63. The predicted octanol–water partition coefficient (Wildman–Crippen LogP) is 2.43. The van der Waals surface area contributed by atoms with Crippen molar-refractivity contribution in [2.75, 3.05) is 33.9 Å². The maximum absolute atomic E-state index is 5.64. The summed E-state index contributed by atoms with van der Waals surface area (Å²) < 4.78 is 10.7. The predicted molar refractivity (Wildman–Crippen MR) is 87.4 cm³/mol. The van der Waals surface area contributed by atoms with E-state index < -0.39 is 0 Å². The summed E-state index contributed by atoms with van der Waals surface area (Å²) in [4.78, 5) is 4.18. The van der Waals surface area contributed by atoms with E-state index in [4.69, 9.17) is 9.47 Å². The maximum Gasteiger partial charge on any atom is 0.191 e. The van der Waals surface area contributed by atoms with Gasteiger partial charge in [0.2, 0.25) is 0 Å². The van der Waals surface area contributed by atoms with E-state index in [1.165, 1.54) is 19.3 Å². The number of nitrogens with one attached hydrogen (secondary N) is 2. The SMILES string of the molecule is CCCCCNC(=NC)NCCOc1ccc(OC)cc1. The molecule has 0 amide bonds. The molecule has 1 rings (SSSR count). The molecule has 0 aromatic heterocycles. The molecule has 0 saturated carbocycles. The van der Waals surface area contributed by atoms with Gasteiger partial charge >= 0.3 is 0 Å². The zero-order valence-corrected chi connectivity index (χ0v) is 13.3. The number of guanidine groups is 1. The van der Waals surface area contributed by atoms with E-state index >= 15 is 0 Å². The smallest absolute Gasteiger partial charge is 0.191 e. The van der Waals surface area contributed by atoms with Gasteiger partial charge in [0.05, 0.1) is 13.7 Å². The van der Waals surface area contributed by atoms with Crippen molar-refractivity contribution in [1.82, 2.24) is 10.6 Å². The standard InChI is InChI=1S/C16H27N3O2/c1-4-5-6-11-18-16(17-2)19-12-13-21-15-9-7-14(20-3)8-10-15/h7-10H,4-6,11-13H2,1-3H3,(H2,17,18,19). The second-order valence-corrected chi connectivity index (χ2v) is 4.66. The molecule has 118 valence electrons. The lowest BCUT2D eigenvalue weighted by Crippen LogP contribution is -2.39. The Morgan fingerprint density at radius 2 is 1.71 bits per heavy atom. The quantitative estimate of drug-likeness (QED) is 0.417. The zero-order valence-electron chi connectivity index (χ0n) is 13.3. The number of aliphatic imine (C=N–C) groups is 1. The largest absolute Gasteiger partial charge is 0.497 e. The Labute approximate surface area is 127 Å². The molecule has 0 spiro atoms. The lowest BCUT2D eigenvalue weighted by molar-refractivity contribution is 0.321. The molecule has 0 saturated heterocycles. The van der Waals surface area contributed by atoms with Crippen LogP contribution in [0.5, 0.6) is 11.5 Å². The van der Waals surface area contributed by atoms with Crippen molar-refractivity contribution in [1.29, 1.82) is 0 Å². The first kappa shape index (κ1) is 17.1. The highest BCUT2D eigenvalue weighted by Crippen LogP contribution is 2.16. The van der Waals surface area contributed by atoms with Crippen LogP contribution in [0.25, 0.3) is 0 Å². The second-order valence-electron chi connectivity index (χ2n) is 4.66. The summed E-state index contributed by atoms with van der Waals surface area (Å²) >= 11 is 0. The molecule has 1 aromatic rings. The molecule has 0 bridgehead atoms. The van der Waals surface area contributed by atoms with Crippen LogP contribution in [0, 0.1) is 0 Å². The molecule has 5 heteroatoms. The van der Waals surface area contributed by atoms with Gasteiger partial charge in [-0.25, -0.2) is 0 Å². The Hall–Kier alpha value is -1.91. The topological polar surface area (TPSA) is 54.9 Å². The van der Waals surface area contributed by atoms with E-state index in [9.17, 15) is 0 Å². The first-order chi connectivity index (χ1) is 10.3. The zero-order chi connectivity index (χ0) is 15.3. The van der Waals surface area contributed by atoms with E-state index in [0.29, 0.717) is 13.2 Å². The van der Waals surface area contributed by atoms with E-state index in [0.717, 1.165) is 24.0 Å². The first-order valence-electron chi connectivity index (χ1n) is 7.51. The molecule has 0 unspecified atom stereocenters. The number of nitrogens with zero attached hydrogens (tertiary/aromatic N) is 1. The minimum absolute atomic E-state index is 0.585. The number of methoxy groups -OCH3 is 1. The highest BCUT2D eigenvalue weighted by atomic mass is 16.5. The molecule has 0 atom stereocenters. The Morgan fingerprint density at radius 3 is 2.33 bits per heavy atom. The van der Waals surface area contributed by atoms with Gasteiger partial charge in [-0.1, -0.05) is 19.8 Å². The summed E-state index contributed by atoms with van der Waals surface area (Å²) in [6.45, 7) is 4.44. The van der Waals surface area contributed by atoms with E-state index in [2.05, 4.69) is 22.5 Å². The minimum atomic E-state index is 0.585. The summed E-state index contributed by atoms with van der Waals surface area (Å²) in [5.74, 6) is 2.49. The normalized spacial score (nSPS) is 11.1. The van der Waals surface area contributed by atoms with E-state index in [-0.39, 0.29) is 0 Å². The van der Waals surface area contributed by atoms with Crippen molar-refractivity contribution in [3.05, 3.63) is 24.3 Å². The number of rotatable bonds is 9. The van der Waals surface area contributed by atoms with Gasteiger partial charge in [0.25, 0.3) is 0 Å². The van der Waals surface area contributed by atoms with Gasteiger partial charge in [-0.05, 0) is 30.7 Å². The molecule has 21 heavy (non-hydrogen) atoms. The van der Waals surface area contributed by atoms with Crippen LogP contribution in [0.4, 0.5) is 0 Å². The van der Waals surface area contributed by atoms with Crippen molar-refractivity contribution in [3.8, 4) is 11.5 Å². The van der Waals surface area contributed by atoms with Gasteiger partial charge < -0.3 is 20.1 Å². The number of benzene rings is 1. The average Bonchev–Trinajstić information content (AvgIpc) is 2.54. The van der Waals surface area contributed by atoms with Crippen LogP contribution in [0.1, 0.15) is 26.2 Å². The van der Waals surface area contributed by atoms with Crippen molar-refractivity contribution in [2.24, 2.45) is 4.99 Å². The fourth-order valence-electron chi connectivity index (χ4n) is 1.81. The van der Waals surface area contributed by atoms with Crippen LogP contribution >= 0.6 is 0 Å². The molecule has 0 fully saturated rings. The summed E-state index contributed by atoms with van der Waals surface area (Å²) in [6, 6.07) is 7.57. The lowest BCUT2D eigenvalue weighted by Gasteiger charge is -2.12. The highest BCUT2D eigenvalue weighted by Gasteiger charge is 1.98. The van der Waals surface area contributed by atoms with Crippen LogP contribution < -0.4 is 20.1 Å². The van der Waals surface area contributed by atoms with Gasteiger partial charge in [-0.3, -0.25) is 4.99 Å². The second kappa shape index (κ2) is 10.8. The molecule has 1 aromatic carbocycles. The van der Waals surface area contributed by atoms with E-state index in [1.807, 2.05) is 24.3 Å². The number of unbranched alkanes of at least 4 members (excludes halogenated alkanes) is 2. The molecule has 0 radical (unpaired) electrons. The Bertz CT molecular complexity index is 404. The average molecular weight is 293 g/mol. The van der Waals surface area contributed by atoms with Crippen LogP contribution in [0.3, 0.4) is 0 Å². The van der Waals surface area contributed by atoms with Crippen molar-refractivity contribution in [3.63, 3.8) is 0 Å². The fourth-order valence-corrected chi connectivity index (χ4v) is 1.81. The molecule has 2 N–H and O–H groups in total. The van der Waals surface area contributed by atoms with Gasteiger partial charge in [0.1, 0.15) is 18.1 Å². The number of hydrogen-bond acceptors (Lipinski definition) is 3. The monoisotopic (exact) mass is 293 g/mol. The number of ether oxygens (including phenoxy) is 2. The Morgan fingerprint density at radius 1 is 1.05 bits per heavy atom. The summed E-state index contributed by atoms with van der Waals surface area (Å²) in [5.41, 5.74) is 0. The molecule has 0 aliphatic heterocycles. The van der Waals surface area contributed by atoms with Gasteiger partial charge in [0.15, 0.2) is 5.96 Å². The highest BCUT2D eigenvalue weighted by molar-refractivity contribution is 5.79. The Kier molecular flexibility index (Phi) is 8.84. The number of hydrogen-bond donors (Lipinski definition) is 2. The lowest BCUT2D eigenvalue weighted by atomic mass is 10.2. The van der Waals surface area contributed by atoms with Crippen LogP contribution in [-0.4, -0.2) is 39.8 Å². The van der Waals surface area contributed by atoms with Gasteiger partial charge in [-0.2, -0.15) is 0 Å². The van der Waals surface area contributed by atoms with Crippen LogP contribution in [0.15, 0.2) is 29.3 Å². The Balaban J connectivity index is 2.16. The molecule has 5 nitrogen and oxygen atoms in total. The van der Waals surface area contributed by atoms with E-state index in [1.54, 1.807) is 14.2 Å². The van der Waals surface area contributed by atoms with Crippen LogP contribution in [0.2, 0.25) is 0 Å². The van der Waals surface area contributed by atoms with Gasteiger partial charge in [-0.15, -0.1) is 0 Å². The minimum Gasteiger partial charge on any atom is -0.497 e. The molecule has 0 aliphatic rings. The van der Waals surface area contributed by atoms with Crippen molar-refractivity contribution < 1.29 is 9.47 Å². The summed E-state index contributed by atoms with van der Waals surface area (Å²) in [5, 5.41) is 6.51. The molecular formula is C16H27N3O2. The third-order valence-electron chi connectivity index (χ3n) is 3.02. The summed E-state index contributed by atoms with van der Waals surface area (Å²) in [7, 11) is 3.43. The molecular weight excluding hydrogens is 266 g/mol. The fraction of sp³-hybridized carbons (Fsp3) is 0.562. The molecule has 0 aliphatic carbocycles. The van der Waals surface area contributed by atoms with Crippen molar-refractivity contribution >= 4 is 5.96 Å². The van der Waals surface area contributed by atoms with Gasteiger partial charge in [0, 0.05) is 13.6 Å². The third-order valence-corrected chi connectivity index (χ3v) is 3.02. The first-order valence-corrected chi connectivity index (χ1v) is 7.51. The van der Waals surface area contributed by atoms with Crippen LogP contribution in [-0.2, 0) is 0 Å². The van der Waals surface area contributed by atoms with Crippen molar-refractivity contribution in [2.45, 2.75) is 26.2 Å². The maximum atomic E-state index is 5.64. The molecule has 0 heterocycles.